The molecule has 9 heteroatoms. The van der Waals surface area contributed by atoms with Crippen molar-refractivity contribution >= 4 is 19.0 Å². The third-order valence-electron chi connectivity index (χ3n) is 3.32. The first-order valence-corrected chi connectivity index (χ1v) is 7.13. The number of pyridine rings is 1. The second-order valence-corrected chi connectivity index (χ2v) is 5.25. The molecule has 0 fully saturated rings. The third-order valence-corrected chi connectivity index (χ3v) is 3.32. The molecule has 3 N–H and O–H groups in total. The highest BCUT2D eigenvalue weighted by Gasteiger charge is 2.32. The number of nitrogens with zero attached hydrogens (tertiary/aromatic N) is 1. The lowest BCUT2D eigenvalue weighted by Gasteiger charge is -2.20. The minimum absolute atomic E-state index is 0.00539. The average molecular weight is 320 g/mol. The number of nitrogens with one attached hydrogen (secondary N) is 1. The maximum atomic E-state index is 12.0. The van der Waals surface area contributed by atoms with Gasteiger partial charge in [-0.1, -0.05) is 12.2 Å². The molecule has 2 rings (SSSR count). The summed E-state index contributed by atoms with van der Waals surface area (Å²) in [5, 5.41) is 32.5. The van der Waals surface area contributed by atoms with Gasteiger partial charge in [0, 0.05) is 11.6 Å². The first-order valence-electron chi connectivity index (χ1n) is 7.13. The van der Waals surface area contributed by atoms with Gasteiger partial charge in [-0.2, -0.15) is 4.73 Å². The lowest BCUT2D eigenvalue weighted by atomic mass is 9.77. The van der Waals surface area contributed by atoms with Crippen molar-refractivity contribution in [3.63, 3.8) is 0 Å². The van der Waals surface area contributed by atoms with Crippen LogP contribution in [-0.4, -0.2) is 41.2 Å². The molecule has 0 unspecified atom stereocenters. The van der Waals surface area contributed by atoms with Crippen LogP contribution in [0.5, 0.6) is 0 Å². The largest absolute Gasteiger partial charge is 0.619 e. The van der Waals surface area contributed by atoms with E-state index in [1.807, 2.05) is 0 Å². The van der Waals surface area contributed by atoms with Crippen LogP contribution < -0.4 is 10.0 Å². The van der Waals surface area contributed by atoms with Crippen molar-refractivity contribution in [1.29, 1.82) is 0 Å². The Morgan fingerprint density at radius 3 is 3.00 bits per heavy atom. The number of carboxylic acids is 1. The summed E-state index contributed by atoms with van der Waals surface area (Å²) < 4.78 is 5.83. The summed E-state index contributed by atoms with van der Waals surface area (Å²) in [5.41, 5.74) is 0.545. The Morgan fingerprint density at radius 2 is 2.30 bits per heavy atom. The van der Waals surface area contributed by atoms with Crippen molar-refractivity contribution in [1.82, 2.24) is 5.32 Å². The lowest BCUT2D eigenvalue weighted by Crippen LogP contribution is -2.48. The highest BCUT2D eigenvalue weighted by molar-refractivity contribution is 6.45. The molecule has 0 aromatic carbocycles. The van der Waals surface area contributed by atoms with Gasteiger partial charge in [0.25, 0.3) is 0 Å². The normalized spacial score (nSPS) is 20.8. The SMILES string of the molecule is O=C(O)C[C@H]1C=CC[C@H](NC(=O)Cc2ccc[n+]([O-])c2)B(O)O1. The molecule has 2 atom stereocenters. The summed E-state index contributed by atoms with van der Waals surface area (Å²) in [7, 11) is -1.31. The molecule has 2 heterocycles. The molecule has 0 aliphatic carbocycles. The lowest BCUT2D eigenvalue weighted by molar-refractivity contribution is -0.605. The third kappa shape index (κ3) is 5.39. The summed E-state index contributed by atoms with van der Waals surface area (Å²) >= 11 is 0. The highest BCUT2D eigenvalue weighted by Crippen LogP contribution is 2.12. The van der Waals surface area contributed by atoms with Crippen molar-refractivity contribution in [2.45, 2.75) is 31.3 Å². The van der Waals surface area contributed by atoms with Crippen molar-refractivity contribution in [3.8, 4) is 0 Å². The van der Waals surface area contributed by atoms with Crippen LogP contribution in [0.2, 0.25) is 0 Å². The van der Waals surface area contributed by atoms with Gasteiger partial charge in [-0.3, -0.25) is 9.59 Å². The summed E-state index contributed by atoms with van der Waals surface area (Å²) in [6.45, 7) is 0. The van der Waals surface area contributed by atoms with E-state index in [2.05, 4.69) is 5.32 Å². The Balaban J connectivity index is 1.90. The molecule has 1 aromatic heterocycles. The van der Waals surface area contributed by atoms with Crippen LogP contribution in [0.1, 0.15) is 18.4 Å². The zero-order valence-electron chi connectivity index (χ0n) is 12.3. The maximum absolute atomic E-state index is 12.0. The van der Waals surface area contributed by atoms with Crippen LogP contribution in [-0.2, 0) is 20.7 Å². The van der Waals surface area contributed by atoms with Crippen LogP contribution in [0.25, 0.3) is 0 Å². The van der Waals surface area contributed by atoms with E-state index in [0.717, 1.165) is 0 Å². The molecule has 0 spiro atoms. The second-order valence-electron chi connectivity index (χ2n) is 5.25. The summed E-state index contributed by atoms with van der Waals surface area (Å²) in [6.07, 6.45) is 5.15. The molecule has 1 aliphatic heterocycles. The van der Waals surface area contributed by atoms with Gasteiger partial charge in [0.15, 0.2) is 12.4 Å². The van der Waals surface area contributed by atoms with Gasteiger partial charge >= 0.3 is 13.1 Å². The van der Waals surface area contributed by atoms with Gasteiger partial charge in [0.1, 0.15) is 0 Å². The molecule has 0 bridgehead atoms. The smallest absolute Gasteiger partial charge is 0.478 e. The standard InChI is InChI=1S/C14H17BN2O6/c18-13(7-10-3-2-6-17(22)9-10)16-12-5-1-4-11(8-14(19)20)23-15(12)21/h1-4,6,9,11-12,21H,5,7-8H2,(H,16,18)(H,19,20)/t11-,12+/m1/s1. The molecule has 0 radical (unpaired) electrons. The average Bonchev–Trinajstić information content (AvgIpc) is 2.60. The van der Waals surface area contributed by atoms with Gasteiger partial charge in [0.2, 0.25) is 5.91 Å². The highest BCUT2D eigenvalue weighted by atomic mass is 16.5. The Morgan fingerprint density at radius 1 is 1.52 bits per heavy atom. The minimum atomic E-state index is -1.31. The van der Waals surface area contributed by atoms with Crippen molar-refractivity contribution in [2.75, 3.05) is 0 Å². The number of carbonyl (C=O) groups excluding carboxylic acids is 1. The van der Waals surface area contributed by atoms with Gasteiger partial charge in [-0.25, -0.2) is 0 Å². The van der Waals surface area contributed by atoms with Crippen LogP contribution in [0, 0.1) is 5.21 Å². The number of hydrogen-bond acceptors (Lipinski definition) is 5. The molecule has 1 aliphatic rings. The van der Waals surface area contributed by atoms with E-state index in [4.69, 9.17) is 9.76 Å². The fourth-order valence-corrected chi connectivity index (χ4v) is 2.28. The Hall–Kier alpha value is -2.39. The monoisotopic (exact) mass is 320 g/mol. The zero-order valence-corrected chi connectivity index (χ0v) is 12.3. The first-order chi connectivity index (χ1) is 10.9. The first kappa shape index (κ1) is 17.0. The molecule has 1 amide bonds. The van der Waals surface area contributed by atoms with E-state index >= 15 is 0 Å². The van der Waals surface area contributed by atoms with E-state index < -0.39 is 25.1 Å². The van der Waals surface area contributed by atoms with Gasteiger partial charge in [0.05, 0.1) is 24.9 Å². The predicted molar refractivity (Wildman–Crippen MR) is 79.9 cm³/mol. The van der Waals surface area contributed by atoms with Crippen LogP contribution in [0.15, 0.2) is 36.7 Å². The van der Waals surface area contributed by atoms with Crippen LogP contribution in [0.3, 0.4) is 0 Å². The van der Waals surface area contributed by atoms with E-state index in [9.17, 15) is 19.8 Å². The number of carbonyl (C=O) groups is 2. The topological polar surface area (TPSA) is 123 Å². The summed E-state index contributed by atoms with van der Waals surface area (Å²) in [6, 6.07) is 3.19. The molecule has 122 valence electrons. The maximum Gasteiger partial charge on any atom is 0.478 e. The number of aromatic nitrogens is 1. The van der Waals surface area contributed by atoms with Crippen molar-refractivity contribution < 1.29 is 29.1 Å². The molecule has 0 saturated carbocycles. The number of amides is 1. The van der Waals surface area contributed by atoms with Gasteiger partial charge in [-0.05, 0) is 12.5 Å². The molecule has 1 aromatic rings. The van der Waals surface area contributed by atoms with E-state index in [0.29, 0.717) is 16.7 Å². The van der Waals surface area contributed by atoms with E-state index in [1.165, 1.54) is 12.4 Å². The summed E-state index contributed by atoms with van der Waals surface area (Å²) in [4.78, 5) is 22.7. The van der Waals surface area contributed by atoms with Crippen LogP contribution >= 0.6 is 0 Å². The molecular formula is C14H17BN2O6. The van der Waals surface area contributed by atoms with E-state index in [-0.39, 0.29) is 18.7 Å². The number of aliphatic carboxylic acids is 1. The number of hydrogen-bond donors (Lipinski definition) is 3. The Labute approximate surface area is 133 Å². The predicted octanol–water partition coefficient (Wildman–Crippen LogP) is -0.813. The number of rotatable bonds is 5. The fraction of sp³-hybridized carbons (Fsp3) is 0.357. The van der Waals surface area contributed by atoms with Gasteiger partial charge < -0.3 is 25.3 Å². The second kappa shape index (κ2) is 7.75. The quantitative estimate of drug-likeness (QED) is 0.282. The van der Waals surface area contributed by atoms with Gasteiger partial charge in [-0.15, -0.1) is 0 Å². The molecule has 0 saturated heterocycles. The molecule has 23 heavy (non-hydrogen) atoms. The Bertz CT molecular complexity index is 609. The van der Waals surface area contributed by atoms with Crippen molar-refractivity contribution in [2.24, 2.45) is 0 Å². The summed E-state index contributed by atoms with van der Waals surface area (Å²) in [5.74, 6) is -2.08. The minimum Gasteiger partial charge on any atom is -0.619 e. The van der Waals surface area contributed by atoms with Crippen LogP contribution in [0.4, 0.5) is 0 Å². The van der Waals surface area contributed by atoms with Crippen molar-refractivity contribution in [3.05, 3.63) is 47.4 Å². The Kier molecular flexibility index (Phi) is 5.72. The van der Waals surface area contributed by atoms with E-state index in [1.54, 1.807) is 24.3 Å². The number of carboxylic acid groups (broad SMARTS) is 1. The molecular weight excluding hydrogens is 303 g/mol. The zero-order chi connectivity index (χ0) is 16.8. The fourth-order valence-electron chi connectivity index (χ4n) is 2.28. The molecule has 8 nitrogen and oxygen atoms in total.